The van der Waals surface area contributed by atoms with Crippen LogP contribution in [0.25, 0.3) is 0 Å². The number of amides is 2. The van der Waals surface area contributed by atoms with E-state index in [4.69, 9.17) is 20.0 Å². The number of benzene rings is 1. The Bertz CT molecular complexity index is 720. The topological polar surface area (TPSA) is 132 Å². The van der Waals surface area contributed by atoms with E-state index < -0.39 is 31.4 Å². The number of carbonyl (C=O) groups is 2. The zero-order valence-electron chi connectivity index (χ0n) is 15.8. The number of hydrogen-bond donors (Lipinski definition) is 2. The molecule has 0 aliphatic carbocycles. The highest BCUT2D eigenvalue weighted by molar-refractivity contribution is 7.53. The Hall–Kier alpha value is -2.20. The number of carbonyl (C=O) groups excluding carboxylic acids is 2. The van der Waals surface area contributed by atoms with Crippen molar-refractivity contribution in [3.8, 4) is 6.07 Å². The molecule has 1 aromatic carbocycles. The lowest BCUT2D eigenvalue weighted by Crippen LogP contribution is -2.48. The first kappa shape index (κ1) is 22.8. The van der Waals surface area contributed by atoms with Crippen molar-refractivity contribution >= 4 is 19.4 Å². The quantitative estimate of drug-likeness (QED) is 0.554. The van der Waals surface area contributed by atoms with Gasteiger partial charge in [0, 0.05) is 12.0 Å². The molecule has 0 unspecified atom stereocenters. The fourth-order valence-electron chi connectivity index (χ4n) is 2.49. The van der Waals surface area contributed by atoms with Gasteiger partial charge in [0.1, 0.15) is 6.04 Å². The molecule has 1 aromatic rings. The van der Waals surface area contributed by atoms with Gasteiger partial charge in [-0.15, -0.1) is 0 Å². The SMILES string of the molecule is CCOP(=O)(Cc1ccc(C(=O)N[C@H](C(N)=O)[C@H](C)CC#N)cc1)OCC. The minimum absolute atomic E-state index is 0.0942. The molecule has 0 aromatic heterocycles. The highest BCUT2D eigenvalue weighted by Gasteiger charge is 2.26. The van der Waals surface area contributed by atoms with E-state index in [1.807, 2.05) is 6.07 Å². The van der Waals surface area contributed by atoms with Crippen molar-refractivity contribution < 1.29 is 23.2 Å². The molecule has 8 nitrogen and oxygen atoms in total. The average molecular weight is 395 g/mol. The fourth-order valence-corrected chi connectivity index (χ4v) is 4.19. The molecule has 0 heterocycles. The molecule has 1 rings (SSSR count). The average Bonchev–Trinajstić information content (AvgIpc) is 2.60. The lowest BCUT2D eigenvalue weighted by molar-refractivity contribution is -0.120. The molecule has 3 N–H and O–H groups in total. The third-order valence-corrected chi connectivity index (χ3v) is 5.87. The minimum Gasteiger partial charge on any atom is -0.368 e. The van der Waals surface area contributed by atoms with E-state index in [0.717, 1.165) is 0 Å². The molecule has 0 spiro atoms. The van der Waals surface area contributed by atoms with Crippen LogP contribution in [0, 0.1) is 17.2 Å². The molecule has 2 amide bonds. The van der Waals surface area contributed by atoms with E-state index in [1.165, 1.54) is 0 Å². The number of primary amides is 1. The first-order valence-electron chi connectivity index (χ1n) is 8.70. The molecule has 9 heteroatoms. The monoisotopic (exact) mass is 395 g/mol. The lowest BCUT2D eigenvalue weighted by Gasteiger charge is -2.20. The van der Waals surface area contributed by atoms with Crippen molar-refractivity contribution in [2.24, 2.45) is 11.7 Å². The van der Waals surface area contributed by atoms with E-state index in [-0.39, 0.29) is 25.8 Å². The highest BCUT2D eigenvalue weighted by Crippen LogP contribution is 2.51. The summed E-state index contributed by atoms with van der Waals surface area (Å²) in [7, 11) is -3.23. The van der Waals surface area contributed by atoms with Crippen LogP contribution in [0.3, 0.4) is 0 Å². The van der Waals surface area contributed by atoms with Crippen LogP contribution in [-0.4, -0.2) is 31.1 Å². The van der Waals surface area contributed by atoms with Crippen molar-refractivity contribution in [2.75, 3.05) is 13.2 Å². The van der Waals surface area contributed by atoms with Gasteiger partial charge in [-0.25, -0.2) is 0 Å². The fraction of sp³-hybridized carbons (Fsp3) is 0.500. The summed E-state index contributed by atoms with van der Waals surface area (Å²) in [5.41, 5.74) is 6.33. The number of nitriles is 1. The molecule has 0 radical (unpaired) electrons. The van der Waals surface area contributed by atoms with Gasteiger partial charge >= 0.3 is 7.60 Å². The Kier molecular flexibility index (Phi) is 9.16. The number of hydrogen-bond acceptors (Lipinski definition) is 6. The van der Waals surface area contributed by atoms with Crippen LogP contribution in [0.15, 0.2) is 24.3 Å². The summed E-state index contributed by atoms with van der Waals surface area (Å²) < 4.78 is 23.1. The Labute approximate surface area is 159 Å². The minimum atomic E-state index is -3.23. The van der Waals surface area contributed by atoms with Crippen LogP contribution in [0.5, 0.6) is 0 Å². The van der Waals surface area contributed by atoms with Crippen LogP contribution in [0.2, 0.25) is 0 Å². The molecule has 0 saturated heterocycles. The third kappa shape index (κ3) is 7.14. The van der Waals surface area contributed by atoms with Gasteiger partial charge in [0.2, 0.25) is 5.91 Å². The van der Waals surface area contributed by atoms with Gasteiger partial charge in [0.25, 0.3) is 5.91 Å². The van der Waals surface area contributed by atoms with Gasteiger partial charge in [0.05, 0.1) is 25.4 Å². The van der Waals surface area contributed by atoms with Gasteiger partial charge in [-0.05, 0) is 37.5 Å². The van der Waals surface area contributed by atoms with Gasteiger partial charge in [-0.1, -0.05) is 19.1 Å². The predicted octanol–water partition coefficient (Wildman–Crippen LogP) is 2.59. The maximum Gasteiger partial charge on any atom is 0.335 e. The molecule has 0 aliphatic heterocycles. The predicted molar refractivity (Wildman–Crippen MR) is 101 cm³/mol. The first-order valence-corrected chi connectivity index (χ1v) is 10.4. The van der Waals surface area contributed by atoms with E-state index in [1.54, 1.807) is 45.0 Å². The van der Waals surface area contributed by atoms with Crippen LogP contribution in [0.4, 0.5) is 0 Å². The zero-order chi connectivity index (χ0) is 20.4. The number of nitrogens with one attached hydrogen (secondary N) is 1. The normalized spacial score (nSPS) is 13.4. The Morgan fingerprint density at radius 1 is 1.22 bits per heavy atom. The first-order chi connectivity index (χ1) is 12.8. The Morgan fingerprint density at radius 3 is 2.22 bits per heavy atom. The van der Waals surface area contributed by atoms with Crippen molar-refractivity contribution in [3.63, 3.8) is 0 Å². The van der Waals surface area contributed by atoms with Crippen LogP contribution >= 0.6 is 7.60 Å². The Balaban J connectivity index is 2.85. The number of nitrogens with zero attached hydrogens (tertiary/aromatic N) is 1. The molecule has 27 heavy (non-hydrogen) atoms. The van der Waals surface area contributed by atoms with Crippen LogP contribution < -0.4 is 11.1 Å². The molecule has 0 fully saturated rings. The molecule has 0 bridgehead atoms. The van der Waals surface area contributed by atoms with E-state index in [0.29, 0.717) is 11.1 Å². The summed E-state index contributed by atoms with van der Waals surface area (Å²) >= 11 is 0. The second-order valence-electron chi connectivity index (χ2n) is 5.99. The molecule has 0 saturated carbocycles. The van der Waals surface area contributed by atoms with Crippen LogP contribution in [0.1, 0.15) is 43.1 Å². The van der Waals surface area contributed by atoms with Crippen molar-refractivity contribution in [3.05, 3.63) is 35.4 Å². The third-order valence-electron chi connectivity index (χ3n) is 3.82. The molecule has 2 atom stereocenters. The highest BCUT2D eigenvalue weighted by atomic mass is 31.2. The summed E-state index contributed by atoms with van der Waals surface area (Å²) in [6, 6.07) is 7.43. The molecular formula is C18H26N3O5P. The number of nitrogens with two attached hydrogens (primary N) is 1. The summed E-state index contributed by atoms with van der Waals surface area (Å²) in [4.78, 5) is 23.9. The van der Waals surface area contributed by atoms with Crippen LogP contribution in [-0.2, 0) is 24.6 Å². The molecule has 0 aliphatic rings. The summed E-state index contributed by atoms with van der Waals surface area (Å²) in [5, 5.41) is 11.3. The standard InChI is InChI=1S/C18H26N3O5P/c1-4-25-27(24,26-5-2)12-14-6-8-15(9-7-14)18(23)21-16(17(20)22)13(3)10-11-19/h6-9,13,16H,4-5,10,12H2,1-3H3,(H2,20,22)(H,21,23)/t13-,16+/m1/s1. The number of rotatable bonds is 11. The smallest absolute Gasteiger partial charge is 0.335 e. The summed E-state index contributed by atoms with van der Waals surface area (Å²) in [6.07, 6.45) is 0.191. The van der Waals surface area contributed by atoms with E-state index in [9.17, 15) is 14.2 Å². The Morgan fingerprint density at radius 2 is 1.78 bits per heavy atom. The second kappa shape index (κ2) is 10.8. The van der Waals surface area contributed by atoms with Crippen molar-refractivity contribution in [2.45, 2.75) is 39.4 Å². The molecular weight excluding hydrogens is 369 g/mol. The molecule has 148 valence electrons. The van der Waals surface area contributed by atoms with Crippen molar-refractivity contribution in [1.82, 2.24) is 5.32 Å². The van der Waals surface area contributed by atoms with Gasteiger partial charge in [-0.3, -0.25) is 14.2 Å². The lowest BCUT2D eigenvalue weighted by atomic mass is 9.98. The van der Waals surface area contributed by atoms with E-state index >= 15 is 0 Å². The largest absolute Gasteiger partial charge is 0.368 e. The van der Waals surface area contributed by atoms with Gasteiger partial charge in [-0.2, -0.15) is 5.26 Å². The van der Waals surface area contributed by atoms with Gasteiger partial charge in [0.15, 0.2) is 0 Å². The maximum atomic E-state index is 12.6. The maximum absolute atomic E-state index is 12.6. The summed E-state index contributed by atoms with van der Waals surface area (Å²) in [5.74, 6) is -1.58. The zero-order valence-corrected chi connectivity index (χ0v) is 16.7. The van der Waals surface area contributed by atoms with Crippen molar-refractivity contribution in [1.29, 1.82) is 5.26 Å². The van der Waals surface area contributed by atoms with E-state index in [2.05, 4.69) is 5.32 Å². The summed E-state index contributed by atoms with van der Waals surface area (Å²) in [6.45, 7) is 5.68. The van der Waals surface area contributed by atoms with Gasteiger partial charge < -0.3 is 20.1 Å². The second-order valence-corrected chi connectivity index (χ2v) is 8.05.